The van der Waals surface area contributed by atoms with Gasteiger partial charge in [0.1, 0.15) is 18.3 Å². The number of amides is 2. The molecule has 0 aliphatic carbocycles. The summed E-state index contributed by atoms with van der Waals surface area (Å²) in [4.78, 5) is 28.4. The Hall–Kier alpha value is -3.56. The van der Waals surface area contributed by atoms with E-state index >= 15 is 0 Å². The van der Waals surface area contributed by atoms with Crippen molar-refractivity contribution in [2.75, 3.05) is 24.5 Å². The molecule has 2 amide bonds. The molecule has 0 spiro atoms. The number of nitrogens with zero attached hydrogens (tertiary/aromatic N) is 2. The van der Waals surface area contributed by atoms with E-state index in [-0.39, 0.29) is 23.0 Å². The van der Waals surface area contributed by atoms with E-state index < -0.39 is 28.5 Å². The smallest absolute Gasteiger partial charge is 0.264 e. The molecular formula is C30H36ClN3O5S. The first-order chi connectivity index (χ1) is 19.1. The lowest BCUT2D eigenvalue weighted by atomic mass is 10.1. The average Bonchev–Trinajstić information content (AvgIpc) is 2.95. The van der Waals surface area contributed by atoms with Crippen LogP contribution < -0.4 is 14.4 Å². The van der Waals surface area contributed by atoms with E-state index in [0.717, 1.165) is 28.3 Å². The molecule has 3 aromatic rings. The van der Waals surface area contributed by atoms with Crippen molar-refractivity contribution in [3.05, 3.63) is 88.9 Å². The van der Waals surface area contributed by atoms with E-state index in [1.807, 2.05) is 13.8 Å². The first-order valence-electron chi connectivity index (χ1n) is 13.1. The highest BCUT2D eigenvalue weighted by atomic mass is 35.5. The summed E-state index contributed by atoms with van der Waals surface area (Å²) in [5, 5.41) is 3.41. The van der Waals surface area contributed by atoms with E-state index in [2.05, 4.69) is 5.32 Å². The summed E-state index contributed by atoms with van der Waals surface area (Å²) in [5.74, 6) is -0.410. The second-order valence-electron chi connectivity index (χ2n) is 9.49. The molecule has 40 heavy (non-hydrogen) atoms. The van der Waals surface area contributed by atoms with Gasteiger partial charge in [-0.3, -0.25) is 13.9 Å². The van der Waals surface area contributed by atoms with Gasteiger partial charge in [0.15, 0.2) is 0 Å². The molecular weight excluding hydrogens is 550 g/mol. The fraction of sp³-hybridized carbons (Fsp3) is 0.333. The summed E-state index contributed by atoms with van der Waals surface area (Å²) in [6, 6.07) is 19.0. The van der Waals surface area contributed by atoms with Crippen LogP contribution in [0.5, 0.6) is 5.75 Å². The number of halogens is 1. The van der Waals surface area contributed by atoms with Crippen molar-refractivity contribution in [3.63, 3.8) is 0 Å². The Morgan fingerprint density at radius 2 is 1.70 bits per heavy atom. The maximum atomic E-state index is 13.9. The lowest BCUT2D eigenvalue weighted by Gasteiger charge is -2.32. The van der Waals surface area contributed by atoms with Gasteiger partial charge in [-0.25, -0.2) is 8.42 Å². The highest BCUT2D eigenvalue weighted by Crippen LogP contribution is 2.28. The van der Waals surface area contributed by atoms with E-state index in [9.17, 15) is 18.0 Å². The Kier molecular flexibility index (Phi) is 11.0. The van der Waals surface area contributed by atoms with Crippen molar-refractivity contribution in [3.8, 4) is 5.75 Å². The SMILES string of the molecule is CCCCNC(=O)[C@@H](C)N(Cc1ccc(Cl)cc1)C(=O)CN(c1cccc(OC)c1)S(=O)(=O)c1ccc(C)cc1. The van der Waals surface area contributed by atoms with Crippen LogP contribution in [0.15, 0.2) is 77.7 Å². The first kappa shape index (κ1) is 31.0. The molecule has 0 unspecified atom stereocenters. The van der Waals surface area contributed by atoms with Gasteiger partial charge in [-0.05, 0) is 62.2 Å². The predicted molar refractivity (Wildman–Crippen MR) is 158 cm³/mol. The number of hydrogen-bond donors (Lipinski definition) is 1. The molecule has 0 aromatic heterocycles. The summed E-state index contributed by atoms with van der Waals surface area (Å²) >= 11 is 6.05. The minimum Gasteiger partial charge on any atom is -0.497 e. The molecule has 214 valence electrons. The summed E-state index contributed by atoms with van der Waals surface area (Å²) in [7, 11) is -2.67. The highest BCUT2D eigenvalue weighted by molar-refractivity contribution is 7.92. The van der Waals surface area contributed by atoms with Gasteiger partial charge in [0.05, 0.1) is 17.7 Å². The van der Waals surface area contributed by atoms with Crippen LogP contribution in [0.2, 0.25) is 5.02 Å². The lowest BCUT2D eigenvalue weighted by Crippen LogP contribution is -2.51. The normalized spacial score (nSPS) is 11.9. The predicted octanol–water partition coefficient (Wildman–Crippen LogP) is 5.19. The molecule has 0 saturated heterocycles. The number of anilines is 1. The molecule has 0 radical (unpaired) electrons. The van der Waals surface area contributed by atoms with Crippen LogP contribution in [-0.4, -0.2) is 51.4 Å². The van der Waals surface area contributed by atoms with Gasteiger partial charge < -0.3 is 15.0 Å². The van der Waals surface area contributed by atoms with Gasteiger partial charge >= 0.3 is 0 Å². The largest absolute Gasteiger partial charge is 0.497 e. The van der Waals surface area contributed by atoms with Crippen LogP contribution in [0.1, 0.15) is 37.8 Å². The standard InChI is InChI=1S/C30H36ClN3O5S/c1-5-6-18-32-30(36)23(3)33(20-24-12-14-25(31)15-13-24)29(35)21-34(26-8-7-9-27(19-26)39-4)40(37,38)28-16-10-22(2)11-17-28/h7-17,19,23H,5-6,18,20-21H2,1-4H3,(H,32,36)/t23-/m1/s1. The topological polar surface area (TPSA) is 96.0 Å². The number of carbonyl (C=O) groups excluding carboxylic acids is 2. The number of ether oxygens (including phenoxy) is 1. The Balaban J connectivity index is 2.01. The molecule has 1 N–H and O–H groups in total. The van der Waals surface area contributed by atoms with Crippen LogP contribution in [0.4, 0.5) is 5.69 Å². The number of benzene rings is 3. The Morgan fingerprint density at radius 1 is 1.02 bits per heavy atom. The van der Waals surface area contributed by atoms with E-state index in [1.54, 1.807) is 67.6 Å². The molecule has 0 aliphatic heterocycles. The number of methoxy groups -OCH3 is 1. The highest BCUT2D eigenvalue weighted by Gasteiger charge is 2.32. The Labute approximate surface area is 241 Å². The van der Waals surface area contributed by atoms with Gasteiger partial charge in [0.25, 0.3) is 10.0 Å². The van der Waals surface area contributed by atoms with Crippen molar-refractivity contribution >= 4 is 39.1 Å². The number of rotatable bonds is 13. The zero-order valence-corrected chi connectivity index (χ0v) is 24.8. The number of nitrogens with one attached hydrogen (secondary N) is 1. The Bertz CT molecular complexity index is 1400. The van der Waals surface area contributed by atoms with Gasteiger partial charge in [-0.2, -0.15) is 0 Å². The van der Waals surface area contributed by atoms with Crippen molar-refractivity contribution in [2.45, 2.75) is 51.1 Å². The lowest BCUT2D eigenvalue weighted by molar-refractivity contribution is -0.139. The fourth-order valence-electron chi connectivity index (χ4n) is 4.04. The maximum absolute atomic E-state index is 13.9. The fourth-order valence-corrected chi connectivity index (χ4v) is 5.57. The van der Waals surface area contributed by atoms with Crippen LogP contribution in [-0.2, 0) is 26.2 Å². The van der Waals surface area contributed by atoms with Crippen LogP contribution in [0, 0.1) is 6.92 Å². The molecule has 0 aliphatic rings. The van der Waals surface area contributed by atoms with Crippen LogP contribution in [0.3, 0.4) is 0 Å². The molecule has 10 heteroatoms. The van der Waals surface area contributed by atoms with E-state index in [4.69, 9.17) is 16.3 Å². The Morgan fingerprint density at radius 3 is 2.33 bits per heavy atom. The quantitative estimate of drug-likeness (QED) is 0.279. The third kappa shape index (κ3) is 7.99. The van der Waals surface area contributed by atoms with E-state index in [1.165, 1.54) is 24.1 Å². The van der Waals surface area contributed by atoms with Crippen molar-refractivity contribution < 1.29 is 22.7 Å². The van der Waals surface area contributed by atoms with Crippen LogP contribution in [0.25, 0.3) is 0 Å². The zero-order valence-electron chi connectivity index (χ0n) is 23.3. The molecule has 0 fully saturated rings. The molecule has 3 rings (SSSR count). The summed E-state index contributed by atoms with van der Waals surface area (Å²) in [6.07, 6.45) is 1.72. The number of unbranched alkanes of at least 4 members (excludes halogenated alkanes) is 1. The maximum Gasteiger partial charge on any atom is 0.264 e. The molecule has 0 saturated carbocycles. The van der Waals surface area contributed by atoms with Gasteiger partial charge in [0.2, 0.25) is 11.8 Å². The van der Waals surface area contributed by atoms with Crippen molar-refractivity contribution in [1.29, 1.82) is 0 Å². The van der Waals surface area contributed by atoms with E-state index in [0.29, 0.717) is 17.3 Å². The van der Waals surface area contributed by atoms with Gasteiger partial charge in [-0.1, -0.05) is 60.8 Å². The first-order valence-corrected chi connectivity index (χ1v) is 14.9. The minimum atomic E-state index is -4.15. The molecule has 1 atom stereocenters. The molecule has 0 heterocycles. The molecule has 0 bridgehead atoms. The number of hydrogen-bond acceptors (Lipinski definition) is 5. The summed E-state index contributed by atoms with van der Waals surface area (Å²) in [6.45, 7) is 5.58. The molecule has 8 nitrogen and oxygen atoms in total. The second-order valence-corrected chi connectivity index (χ2v) is 11.8. The monoisotopic (exact) mass is 585 g/mol. The summed E-state index contributed by atoms with van der Waals surface area (Å²) < 4.78 is 34.2. The van der Waals surface area contributed by atoms with Crippen molar-refractivity contribution in [1.82, 2.24) is 10.2 Å². The van der Waals surface area contributed by atoms with Crippen molar-refractivity contribution in [2.24, 2.45) is 0 Å². The van der Waals surface area contributed by atoms with Gasteiger partial charge in [0, 0.05) is 24.2 Å². The second kappa shape index (κ2) is 14.2. The number of sulfonamides is 1. The van der Waals surface area contributed by atoms with Gasteiger partial charge in [-0.15, -0.1) is 0 Å². The number of aryl methyl sites for hydroxylation is 1. The molecule has 3 aromatic carbocycles. The third-order valence-electron chi connectivity index (χ3n) is 6.49. The third-order valence-corrected chi connectivity index (χ3v) is 8.53. The summed E-state index contributed by atoms with van der Waals surface area (Å²) in [5.41, 5.74) is 1.92. The zero-order chi connectivity index (χ0) is 29.3. The minimum absolute atomic E-state index is 0.0447. The average molecular weight is 586 g/mol. The van der Waals surface area contributed by atoms with Crippen LogP contribution >= 0.6 is 11.6 Å². The number of carbonyl (C=O) groups is 2.